The quantitative estimate of drug-likeness (QED) is 0.447. The van der Waals surface area contributed by atoms with Crippen molar-refractivity contribution in [1.82, 2.24) is 0 Å². The maximum Gasteiger partial charge on any atom is 1.00 e. The summed E-state index contributed by atoms with van der Waals surface area (Å²) in [4.78, 5) is 11.5. The Hall–Kier alpha value is -1.44. The predicted octanol–water partition coefficient (Wildman–Crippen LogP) is -1.19. The second-order valence-electron chi connectivity index (χ2n) is 4.81. The molecule has 0 atom stereocenters. The molecule has 0 aliphatic rings. The van der Waals surface area contributed by atoms with Crippen molar-refractivity contribution in [2.24, 2.45) is 0 Å². The number of carbonyl (C=O) groups is 1. The Kier molecular flexibility index (Phi) is 6.56. The number of benzene rings is 3. The monoisotopic (exact) mass is 328 g/mol. The van der Waals surface area contributed by atoms with Gasteiger partial charge >= 0.3 is 29.6 Å². The van der Waals surface area contributed by atoms with Crippen molar-refractivity contribution in [2.45, 2.75) is 0 Å². The van der Waals surface area contributed by atoms with Crippen molar-refractivity contribution in [3.8, 4) is 0 Å². The van der Waals surface area contributed by atoms with E-state index in [0.717, 1.165) is 15.9 Å². The van der Waals surface area contributed by atoms with E-state index in [2.05, 4.69) is 0 Å². The number of carbonyl (C=O) groups excluding carboxylic acids is 1. The van der Waals surface area contributed by atoms with E-state index in [1.165, 1.54) is 0 Å². The molecule has 0 aromatic heterocycles. The molecule has 2 nitrogen and oxygen atoms in total. The molecule has 0 N–H and O–H groups in total. The van der Waals surface area contributed by atoms with Crippen LogP contribution in [-0.4, -0.2) is 5.97 Å². The van der Waals surface area contributed by atoms with E-state index in [4.69, 9.17) is 0 Å². The SMILES string of the molecule is O=C([O-])c1ccccc1P(c1ccccc1)c1ccccc1.[Na+]. The van der Waals surface area contributed by atoms with Crippen LogP contribution in [0.1, 0.15) is 10.4 Å². The van der Waals surface area contributed by atoms with Gasteiger partial charge in [-0.25, -0.2) is 0 Å². The zero-order chi connectivity index (χ0) is 15.4. The van der Waals surface area contributed by atoms with Crippen LogP contribution >= 0.6 is 7.92 Å². The van der Waals surface area contributed by atoms with Crippen molar-refractivity contribution in [3.63, 3.8) is 0 Å². The summed E-state index contributed by atoms with van der Waals surface area (Å²) < 4.78 is 0. The largest absolute Gasteiger partial charge is 1.00 e. The van der Waals surface area contributed by atoms with Crippen LogP contribution in [0.15, 0.2) is 84.9 Å². The second kappa shape index (κ2) is 8.42. The van der Waals surface area contributed by atoms with Crippen molar-refractivity contribution in [1.29, 1.82) is 0 Å². The molecule has 0 fully saturated rings. The van der Waals surface area contributed by atoms with Gasteiger partial charge < -0.3 is 9.90 Å². The van der Waals surface area contributed by atoms with Gasteiger partial charge in [0, 0.05) is 5.56 Å². The summed E-state index contributed by atoms with van der Waals surface area (Å²) in [7, 11) is -0.920. The van der Waals surface area contributed by atoms with Gasteiger partial charge in [-0.15, -0.1) is 0 Å². The molecule has 0 unspecified atom stereocenters. The molecule has 3 aromatic rings. The minimum Gasteiger partial charge on any atom is -0.545 e. The Morgan fingerprint density at radius 2 is 1.13 bits per heavy atom. The van der Waals surface area contributed by atoms with Crippen LogP contribution in [0.5, 0.6) is 0 Å². The molecule has 0 heterocycles. The molecule has 0 radical (unpaired) electrons. The van der Waals surface area contributed by atoms with Crippen LogP contribution in [0.25, 0.3) is 0 Å². The predicted molar refractivity (Wildman–Crippen MR) is 89.5 cm³/mol. The third-order valence-corrected chi connectivity index (χ3v) is 5.89. The molecular weight excluding hydrogens is 314 g/mol. The molecule has 0 aliphatic carbocycles. The molecule has 3 aromatic carbocycles. The molecule has 0 saturated carbocycles. The van der Waals surface area contributed by atoms with Gasteiger partial charge in [0.2, 0.25) is 0 Å². The second-order valence-corrected chi connectivity index (χ2v) is 7.00. The summed E-state index contributed by atoms with van der Waals surface area (Å²) in [5.41, 5.74) is 0.265. The standard InChI is InChI=1S/C19H15O2P.Na/c20-19(21)17-13-7-8-14-18(17)22(15-9-3-1-4-10-15)16-11-5-2-6-12-16;/h1-14H,(H,20,21);/q;+1/p-1. The first kappa shape index (κ1) is 17.9. The van der Waals surface area contributed by atoms with E-state index < -0.39 is 13.9 Å². The first-order valence-electron chi connectivity index (χ1n) is 6.98. The van der Waals surface area contributed by atoms with Crippen molar-refractivity contribution in [3.05, 3.63) is 90.5 Å². The molecule has 0 bridgehead atoms. The average molecular weight is 328 g/mol. The van der Waals surface area contributed by atoms with Gasteiger partial charge in [-0.2, -0.15) is 0 Å². The molecule has 23 heavy (non-hydrogen) atoms. The molecule has 0 spiro atoms. The van der Waals surface area contributed by atoms with Crippen molar-refractivity contribution in [2.75, 3.05) is 0 Å². The summed E-state index contributed by atoms with van der Waals surface area (Å²) in [6.45, 7) is 0. The zero-order valence-electron chi connectivity index (χ0n) is 12.8. The first-order chi connectivity index (χ1) is 10.8. The minimum atomic E-state index is -1.13. The number of hydrogen-bond donors (Lipinski definition) is 0. The fraction of sp³-hybridized carbons (Fsp3) is 0. The van der Waals surface area contributed by atoms with Gasteiger partial charge in [0.25, 0.3) is 0 Å². The third kappa shape index (κ3) is 4.10. The van der Waals surface area contributed by atoms with Crippen molar-refractivity contribution >= 4 is 29.8 Å². The molecule has 0 saturated heterocycles. The molecule has 0 aliphatic heterocycles. The maximum atomic E-state index is 11.5. The fourth-order valence-corrected chi connectivity index (χ4v) is 4.86. The Balaban J connectivity index is 0.00000192. The number of carboxylic acids is 1. The normalized spacial score (nSPS) is 10.1. The summed E-state index contributed by atoms with van der Waals surface area (Å²) in [5.74, 6) is -1.13. The van der Waals surface area contributed by atoms with E-state index in [0.29, 0.717) is 0 Å². The molecule has 3 rings (SSSR count). The van der Waals surface area contributed by atoms with Gasteiger partial charge in [-0.3, -0.25) is 0 Å². The number of carboxylic acid groups (broad SMARTS) is 1. The van der Waals surface area contributed by atoms with E-state index >= 15 is 0 Å². The van der Waals surface area contributed by atoms with Crippen molar-refractivity contribution < 1.29 is 39.5 Å². The summed E-state index contributed by atoms with van der Waals surface area (Å²) in [6.07, 6.45) is 0. The first-order valence-corrected chi connectivity index (χ1v) is 8.32. The maximum absolute atomic E-state index is 11.5. The third-order valence-electron chi connectivity index (χ3n) is 3.39. The van der Waals surface area contributed by atoms with Crippen LogP contribution in [0.4, 0.5) is 0 Å². The van der Waals surface area contributed by atoms with Gasteiger partial charge in [0.05, 0.1) is 5.97 Å². The zero-order valence-corrected chi connectivity index (χ0v) is 15.7. The van der Waals surface area contributed by atoms with Gasteiger partial charge in [0.1, 0.15) is 0 Å². The Morgan fingerprint density at radius 3 is 1.61 bits per heavy atom. The number of hydrogen-bond acceptors (Lipinski definition) is 2. The Morgan fingerprint density at radius 1 is 0.696 bits per heavy atom. The van der Waals surface area contributed by atoms with E-state index in [9.17, 15) is 9.90 Å². The number of rotatable bonds is 4. The fourth-order valence-electron chi connectivity index (χ4n) is 2.42. The summed E-state index contributed by atoms with van der Waals surface area (Å²) >= 11 is 0. The summed E-state index contributed by atoms with van der Waals surface area (Å²) in [5, 5.41) is 14.5. The Bertz CT molecular complexity index is 736. The Labute approximate surface area is 159 Å². The van der Waals surface area contributed by atoms with Crippen LogP contribution in [0.2, 0.25) is 0 Å². The van der Waals surface area contributed by atoms with Crippen LogP contribution in [-0.2, 0) is 0 Å². The number of aromatic carboxylic acids is 1. The topological polar surface area (TPSA) is 40.1 Å². The van der Waals surface area contributed by atoms with Gasteiger partial charge in [-0.1, -0.05) is 84.9 Å². The van der Waals surface area contributed by atoms with E-state index in [-0.39, 0.29) is 35.1 Å². The van der Waals surface area contributed by atoms with Gasteiger partial charge in [0.15, 0.2) is 0 Å². The summed E-state index contributed by atoms with van der Waals surface area (Å²) in [6, 6.07) is 27.2. The molecule has 4 heteroatoms. The molecule has 108 valence electrons. The minimum absolute atomic E-state index is 0. The van der Waals surface area contributed by atoms with Crippen LogP contribution in [0.3, 0.4) is 0 Å². The van der Waals surface area contributed by atoms with Crippen LogP contribution < -0.4 is 50.6 Å². The smallest absolute Gasteiger partial charge is 0.545 e. The van der Waals surface area contributed by atoms with E-state index in [1.807, 2.05) is 72.8 Å². The van der Waals surface area contributed by atoms with Gasteiger partial charge in [-0.05, 0) is 23.8 Å². The molecule has 0 amide bonds. The average Bonchev–Trinajstić information content (AvgIpc) is 2.57. The van der Waals surface area contributed by atoms with Crippen LogP contribution in [0, 0.1) is 0 Å². The molecular formula is C19H14NaO2P. The van der Waals surface area contributed by atoms with E-state index in [1.54, 1.807) is 12.1 Å².